The van der Waals surface area contributed by atoms with Crippen molar-refractivity contribution >= 4 is 33.0 Å². The molecule has 2 aliphatic heterocycles. The number of β-amino-alcohol motifs (C(OH)–C–C–N with tert-alkyl or cyclic N) is 1. The van der Waals surface area contributed by atoms with E-state index in [9.17, 15) is 31.6 Å². The fourth-order valence-electron chi connectivity index (χ4n) is 5.55. The number of hydrogen-bond acceptors (Lipinski definition) is 8. The van der Waals surface area contributed by atoms with Gasteiger partial charge in [0, 0.05) is 69.1 Å². The van der Waals surface area contributed by atoms with Gasteiger partial charge in [-0.05, 0) is 29.4 Å². The van der Waals surface area contributed by atoms with E-state index in [4.69, 9.17) is 11.6 Å². The maximum Gasteiger partial charge on any atom is 0.416 e. The van der Waals surface area contributed by atoms with Gasteiger partial charge in [-0.1, -0.05) is 29.8 Å². The maximum absolute atomic E-state index is 13.1. The van der Waals surface area contributed by atoms with Crippen molar-refractivity contribution < 1.29 is 26.7 Å². The number of aromatic nitrogens is 2. The van der Waals surface area contributed by atoms with Crippen LogP contribution in [0.5, 0.6) is 0 Å². The van der Waals surface area contributed by atoms with Crippen LogP contribution in [-0.4, -0.2) is 84.1 Å². The first-order chi connectivity index (χ1) is 19.8. The van der Waals surface area contributed by atoms with Crippen LogP contribution in [0, 0.1) is 4.91 Å². The fraction of sp³-hybridized carbons (Fsp3) is 0.444. The Labute approximate surface area is 246 Å². The van der Waals surface area contributed by atoms with Gasteiger partial charge in [-0.2, -0.15) is 22.6 Å². The number of halogens is 4. The molecule has 1 fully saturated rings. The summed E-state index contributed by atoms with van der Waals surface area (Å²) in [6.45, 7) is 3.13. The minimum absolute atomic E-state index is 0.0439. The van der Waals surface area contributed by atoms with Crippen LogP contribution in [0.3, 0.4) is 0 Å². The normalized spacial score (nSPS) is 17.7. The number of nitroso groups, excluding NO2 is 1. The van der Waals surface area contributed by atoms with E-state index in [-0.39, 0.29) is 25.3 Å². The van der Waals surface area contributed by atoms with Gasteiger partial charge < -0.3 is 10.0 Å². The third kappa shape index (κ3) is 6.47. The highest BCUT2D eigenvalue weighted by Gasteiger charge is 2.33. The van der Waals surface area contributed by atoms with Crippen LogP contribution in [0.1, 0.15) is 16.8 Å². The number of fused-ring (bicyclic) bond motifs is 1. The Morgan fingerprint density at radius 2 is 1.74 bits per heavy atom. The number of aliphatic hydroxyl groups is 1. The van der Waals surface area contributed by atoms with E-state index >= 15 is 0 Å². The maximum atomic E-state index is 13.1. The van der Waals surface area contributed by atoms with E-state index in [0.29, 0.717) is 66.7 Å². The molecule has 0 saturated carbocycles. The summed E-state index contributed by atoms with van der Waals surface area (Å²) in [5, 5.41) is 19.2. The minimum atomic E-state index is -4.49. The lowest BCUT2D eigenvalue weighted by Gasteiger charge is -2.37. The van der Waals surface area contributed by atoms with Crippen LogP contribution in [0.15, 0.2) is 47.6 Å². The van der Waals surface area contributed by atoms with Crippen LogP contribution >= 0.6 is 11.6 Å². The molecule has 1 N–H and O–H groups in total. The number of benzene rings is 2. The smallest absolute Gasteiger partial charge is 0.390 e. The summed E-state index contributed by atoms with van der Waals surface area (Å²) in [5.74, 6) is 0. The molecule has 0 aliphatic carbocycles. The van der Waals surface area contributed by atoms with Crippen LogP contribution in [-0.2, 0) is 35.7 Å². The van der Waals surface area contributed by atoms with Crippen molar-refractivity contribution in [2.24, 2.45) is 5.18 Å². The fourth-order valence-corrected chi connectivity index (χ4v) is 6.62. The number of alkyl halides is 3. The van der Waals surface area contributed by atoms with Crippen molar-refractivity contribution in [3.8, 4) is 11.3 Å². The zero-order valence-electron chi connectivity index (χ0n) is 22.8. The van der Waals surface area contributed by atoms with Gasteiger partial charge in [0.2, 0.25) is 10.0 Å². The third-order valence-corrected chi connectivity index (χ3v) is 9.21. The second kappa shape index (κ2) is 11.9. The van der Waals surface area contributed by atoms with Gasteiger partial charge >= 0.3 is 6.18 Å². The minimum Gasteiger partial charge on any atom is -0.390 e. The summed E-state index contributed by atoms with van der Waals surface area (Å²) in [7, 11) is -3.50. The number of nitrogens with zero attached hydrogens (tertiary/aromatic N) is 6. The average Bonchev–Trinajstić information content (AvgIpc) is 3.30. The topological polar surface area (TPSA) is 111 Å². The molecule has 42 heavy (non-hydrogen) atoms. The van der Waals surface area contributed by atoms with Crippen molar-refractivity contribution in [1.82, 2.24) is 19.0 Å². The van der Waals surface area contributed by atoms with E-state index in [1.807, 2.05) is 4.90 Å². The molecule has 1 unspecified atom stereocenters. The highest BCUT2D eigenvalue weighted by molar-refractivity contribution is 7.88. The second-order valence-corrected chi connectivity index (χ2v) is 12.9. The average molecular weight is 627 g/mol. The Balaban J connectivity index is 1.31. The van der Waals surface area contributed by atoms with Crippen LogP contribution in [0.25, 0.3) is 11.3 Å². The van der Waals surface area contributed by atoms with Crippen molar-refractivity contribution in [3.63, 3.8) is 0 Å². The molecule has 226 valence electrons. The van der Waals surface area contributed by atoms with Gasteiger partial charge in [-0.25, -0.2) is 8.42 Å². The van der Waals surface area contributed by atoms with Crippen molar-refractivity contribution in [3.05, 3.63) is 69.2 Å². The molecule has 2 aromatic carbocycles. The van der Waals surface area contributed by atoms with Gasteiger partial charge in [-0.3, -0.25) is 9.58 Å². The molecule has 0 spiro atoms. The zero-order valence-corrected chi connectivity index (χ0v) is 24.3. The SMILES string of the molecule is CS(=O)(=O)N1CCc2c(c(-c3ccc(C(F)(F)F)cc3)nn2CC(O)CN2CCN(c3c(Cl)cccc3N=O)CC2)C1. The molecule has 1 atom stereocenters. The molecular formula is C27H30ClF3N6O4S. The molecular weight excluding hydrogens is 597 g/mol. The summed E-state index contributed by atoms with van der Waals surface area (Å²) in [6, 6.07) is 9.60. The predicted molar refractivity (Wildman–Crippen MR) is 153 cm³/mol. The quantitative estimate of drug-likeness (QED) is 0.375. The molecule has 10 nitrogen and oxygen atoms in total. The number of aliphatic hydroxyl groups excluding tert-OH is 1. The first-order valence-electron chi connectivity index (χ1n) is 13.3. The van der Waals surface area contributed by atoms with Gasteiger partial charge in [0.1, 0.15) is 5.69 Å². The second-order valence-electron chi connectivity index (χ2n) is 10.5. The van der Waals surface area contributed by atoms with E-state index in [0.717, 1.165) is 24.1 Å². The molecule has 5 rings (SSSR count). The number of sulfonamides is 1. The van der Waals surface area contributed by atoms with Gasteiger partial charge in [0.15, 0.2) is 0 Å². The standard InChI is InChI=1S/C27H30ClF3N6O4S/c1-42(40,41)36-10-9-24-21(17-36)25(18-5-7-19(8-6-18)27(29,30)31)32-37(24)16-20(38)15-34-11-13-35(14-12-34)26-22(28)3-2-4-23(26)33-39/h2-8,20,38H,9-17H2,1H3. The van der Waals surface area contributed by atoms with E-state index in [2.05, 4.69) is 15.2 Å². The summed E-state index contributed by atoms with van der Waals surface area (Å²) in [5.41, 5.74) is 2.28. The number of hydrogen-bond donors (Lipinski definition) is 1. The molecule has 3 heterocycles. The van der Waals surface area contributed by atoms with Crippen LogP contribution in [0.2, 0.25) is 5.02 Å². The number of piperazine rings is 1. The monoisotopic (exact) mass is 626 g/mol. The van der Waals surface area contributed by atoms with Gasteiger partial charge in [-0.15, -0.1) is 4.91 Å². The molecule has 0 bridgehead atoms. The first kappa shape index (κ1) is 30.4. The Bertz CT molecular complexity index is 1560. The molecule has 0 amide bonds. The Morgan fingerprint density at radius 3 is 2.36 bits per heavy atom. The Morgan fingerprint density at radius 1 is 1.05 bits per heavy atom. The summed E-state index contributed by atoms with van der Waals surface area (Å²) in [6.07, 6.45) is -3.83. The zero-order chi connectivity index (χ0) is 30.2. The lowest BCUT2D eigenvalue weighted by atomic mass is 10.0. The molecule has 3 aromatic rings. The predicted octanol–water partition coefficient (Wildman–Crippen LogP) is 4.12. The largest absolute Gasteiger partial charge is 0.416 e. The lowest BCUT2D eigenvalue weighted by molar-refractivity contribution is -0.137. The first-order valence-corrected chi connectivity index (χ1v) is 15.6. The molecule has 15 heteroatoms. The van der Waals surface area contributed by atoms with Crippen LogP contribution < -0.4 is 4.90 Å². The van der Waals surface area contributed by atoms with E-state index in [1.54, 1.807) is 22.9 Å². The summed E-state index contributed by atoms with van der Waals surface area (Å²) < 4.78 is 66.9. The third-order valence-electron chi connectivity index (χ3n) is 7.66. The molecule has 0 radical (unpaired) electrons. The van der Waals surface area contributed by atoms with Crippen LogP contribution in [0.4, 0.5) is 24.5 Å². The Kier molecular flexibility index (Phi) is 8.63. The molecule has 1 aromatic heterocycles. The van der Waals surface area contributed by atoms with E-state index in [1.165, 1.54) is 16.4 Å². The number of rotatable bonds is 8. The highest BCUT2D eigenvalue weighted by Crippen LogP contribution is 2.37. The van der Waals surface area contributed by atoms with Gasteiger partial charge in [0.05, 0.1) is 40.9 Å². The highest BCUT2D eigenvalue weighted by atomic mass is 35.5. The van der Waals surface area contributed by atoms with Crippen molar-refractivity contribution in [1.29, 1.82) is 0 Å². The summed E-state index contributed by atoms with van der Waals surface area (Å²) in [4.78, 5) is 15.3. The van der Waals surface area contributed by atoms with Gasteiger partial charge in [0.25, 0.3) is 0 Å². The Hall–Kier alpha value is -3.04. The van der Waals surface area contributed by atoms with Crippen molar-refractivity contribution in [2.75, 3.05) is 50.4 Å². The molecule has 2 aliphatic rings. The summed E-state index contributed by atoms with van der Waals surface area (Å²) >= 11 is 6.33. The lowest BCUT2D eigenvalue weighted by Crippen LogP contribution is -2.49. The van der Waals surface area contributed by atoms with Crippen molar-refractivity contribution in [2.45, 2.75) is 31.8 Å². The number of para-hydroxylation sites is 1. The molecule has 1 saturated heterocycles. The van der Waals surface area contributed by atoms with E-state index < -0.39 is 27.9 Å². The number of anilines is 1.